The molecule has 0 aromatic carbocycles. The summed E-state index contributed by atoms with van der Waals surface area (Å²) in [5.41, 5.74) is 0.798. The second-order valence-corrected chi connectivity index (χ2v) is 12.9. The van der Waals surface area contributed by atoms with Gasteiger partial charge in [-0.15, -0.1) is 6.58 Å². The minimum absolute atomic E-state index is 0.00943. The summed E-state index contributed by atoms with van der Waals surface area (Å²) in [5, 5.41) is 21.2. The van der Waals surface area contributed by atoms with Crippen LogP contribution in [0.5, 0.6) is 0 Å². The number of carbonyl (C=O) groups excluding carboxylic acids is 1. The molecule has 198 valence electrons. The van der Waals surface area contributed by atoms with Crippen molar-refractivity contribution in [3.8, 4) is 0 Å². The number of allylic oxidation sites excluding steroid dienone is 1. The van der Waals surface area contributed by atoms with Crippen LogP contribution in [0.1, 0.15) is 85.5 Å². The molecule has 1 heterocycles. The molecule has 1 saturated heterocycles. The summed E-state index contributed by atoms with van der Waals surface area (Å²) in [6, 6.07) is 0. The van der Waals surface area contributed by atoms with Gasteiger partial charge in [0.25, 0.3) is 0 Å². The maximum absolute atomic E-state index is 11.5. The SMILES string of the molecule is C=C[C@@H]1CC[C@@H]2[C@H]3CC[C@@H]4C[C@H](O[C@H]5O[C@H](C)[C@H](O)[C@H](OC(C)=O)[C@H]5O)CC[C@@]4(C)[C@@H]3CC[C@@]12C. The van der Waals surface area contributed by atoms with Crippen LogP contribution in [0.25, 0.3) is 0 Å². The third-order valence-corrected chi connectivity index (χ3v) is 11.4. The molecule has 5 fully saturated rings. The monoisotopic (exact) mass is 490 g/mol. The highest BCUT2D eigenvalue weighted by Gasteiger charge is 2.60. The van der Waals surface area contributed by atoms with Crippen LogP contribution < -0.4 is 0 Å². The topological polar surface area (TPSA) is 85.2 Å². The van der Waals surface area contributed by atoms with E-state index in [0.717, 1.165) is 37.0 Å². The van der Waals surface area contributed by atoms with Crippen molar-refractivity contribution >= 4 is 5.97 Å². The zero-order valence-electron chi connectivity index (χ0n) is 22.0. The smallest absolute Gasteiger partial charge is 0.303 e. The predicted octanol–water partition coefficient (Wildman–Crippen LogP) is 4.61. The standard InChI is InChI=1S/C29H46O6/c1-6-18-8-10-22-21-9-7-19-15-20(11-13-29(19,5)23(21)12-14-28(18,22)4)35-27-25(32)26(34-17(3)30)24(31)16(2)33-27/h6,16,18-27,31-32H,1,7-15H2,2-5H3/t16-,18-,19-,20-,21-,22-,23-,24+,25-,26+,27-,28+,29-/m1/s1. The van der Waals surface area contributed by atoms with Crippen LogP contribution in [0.15, 0.2) is 12.7 Å². The zero-order chi connectivity index (χ0) is 25.1. The fraction of sp³-hybridized carbons (Fsp3) is 0.897. The minimum Gasteiger partial charge on any atom is -0.457 e. The first kappa shape index (κ1) is 25.7. The molecule has 4 aliphatic carbocycles. The molecule has 2 N–H and O–H groups in total. The van der Waals surface area contributed by atoms with Gasteiger partial charge in [-0.05, 0) is 105 Å². The van der Waals surface area contributed by atoms with Crippen molar-refractivity contribution in [2.75, 3.05) is 0 Å². The van der Waals surface area contributed by atoms with Gasteiger partial charge in [-0.1, -0.05) is 19.9 Å². The first-order chi connectivity index (χ1) is 16.6. The Balaban J connectivity index is 1.25. The highest BCUT2D eigenvalue weighted by molar-refractivity contribution is 5.66. The third kappa shape index (κ3) is 4.20. The number of rotatable bonds is 4. The quantitative estimate of drug-likeness (QED) is 0.340. The lowest BCUT2D eigenvalue weighted by Gasteiger charge is -2.61. The first-order valence-electron chi connectivity index (χ1n) is 14.0. The average Bonchev–Trinajstić information content (AvgIpc) is 3.16. The van der Waals surface area contributed by atoms with Crippen molar-refractivity contribution in [2.24, 2.45) is 40.4 Å². The molecule has 0 spiro atoms. The van der Waals surface area contributed by atoms with E-state index in [2.05, 4.69) is 26.5 Å². The molecule has 0 aromatic heterocycles. The second-order valence-electron chi connectivity index (χ2n) is 12.9. The summed E-state index contributed by atoms with van der Waals surface area (Å²) in [5.74, 6) is 3.25. The van der Waals surface area contributed by atoms with Crippen LogP contribution in [-0.2, 0) is 19.0 Å². The maximum atomic E-state index is 11.5. The summed E-state index contributed by atoms with van der Waals surface area (Å²) >= 11 is 0. The van der Waals surface area contributed by atoms with Gasteiger partial charge in [0, 0.05) is 6.92 Å². The van der Waals surface area contributed by atoms with Gasteiger partial charge < -0.3 is 24.4 Å². The minimum atomic E-state index is -1.20. The van der Waals surface area contributed by atoms with Crippen LogP contribution in [0.3, 0.4) is 0 Å². The van der Waals surface area contributed by atoms with Crippen LogP contribution >= 0.6 is 0 Å². The van der Waals surface area contributed by atoms with Crippen LogP contribution in [-0.4, -0.2) is 53.0 Å². The number of fused-ring (bicyclic) bond motifs is 5. The van der Waals surface area contributed by atoms with E-state index in [0.29, 0.717) is 22.7 Å². The molecule has 35 heavy (non-hydrogen) atoms. The van der Waals surface area contributed by atoms with Crippen molar-refractivity contribution in [3.63, 3.8) is 0 Å². The molecular weight excluding hydrogens is 444 g/mol. The van der Waals surface area contributed by atoms with Crippen LogP contribution in [0, 0.1) is 40.4 Å². The number of hydrogen-bond acceptors (Lipinski definition) is 6. The van der Waals surface area contributed by atoms with Gasteiger partial charge in [0.2, 0.25) is 0 Å². The molecule has 0 radical (unpaired) electrons. The van der Waals surface area contributed by atoms with Gasteiger partial charge in [-0.2, -0.15) is 0 Å². The van der Waals surface area contributed by atoms with Crippen LogP contribution in [0.2, 0.25) is 0 Å². The second kappa shape index (κ2) is 9.41. The number of hydrogen-bond donors (Lipinski definition) is 2. The fourth-order valence-corrected chi connectivity index (χ4v) is 9.40. The molecule has 6 nitrogen and oxygen atoms in total. The Bertz CT molecular complexity index is 815. The molecule has 5 aliphatic rings. The molecule has 6 heteroatoms. The summed E-state index contributed by atoms with van der Waals surface area (Å²) < 4.78 is 17.4. The zero-order valence-corrected chi connectivity index (χ0v) is 22.0. The summed E-state index contributed by atoms with van der Waals surface area (Å²) in [6.45, 7) is 12.3. The number of carbonyl (C=O) groups is 1. The normalized spacial score (nSPS) is 53.7. The maximum Gasteiger partial charge on any atom is 0.303 e. The van der Waals surface area contributed by atoms with Crippen molar-refractivity contribution in [2.45, 2.75) is 122 Å². The fourth-order valence-electron chi connectivity index (χ4n) is 9.40. The van der Waals surface area contributed by atoms with E-state index in [9.17, 15) is 15.0 Å². The van der Waals surface area contributed by atoms with Gasteiger partial charge in [0.15, 0.2) is 12.4 Å². The molecule has 4 saturated carbocycles. The number of aliphatic hydroxyl groups excluding tert-OH is 2. The lowest BCUT2D eigenvalue weighted by atomic mass is 9.44. The van der Waals surface area contributed by atoms with E-state index in [4.69, 9.17) is 14.2 Å². The van der Waals surface area contributed by atoms with E-state index in [1.807, 2.05) is 0 Å². The average molecular weight is 491 g/mol. The van der Waals surface area contributed by atoms with Crippen molar-refractivity contribution < 1.29 is 29.2 Å². The van der Waals surface area contributed by atoms with E-state index in [1.54, 1.807) is 6.92 Å². The van der Waals surface area contributed by atoms with E-state index in [-0.39, 0.29) is 6.10 Å². The van der Waals surface area contributed by atoms with Crippen molar-refractivity contribution in [1.82, 2.24) is 0 Å². The van der Waals surface area contributed by atoms with E-state index >= 15 is 0 Å². The van der Waals surface area contributed by atoms with Gasteiger partial charge >= 0.3 is 5.97 Å². The van der Waals surface area contributed by atoms with Gasteiger partial charge in [0.1, 0.15) is 12.2 Å². The lowest BCUT2D eigenvalue weighted by Crippen LogP contribution is -2.60. The van der Waals surface area contributed by atoms with Gasteiger partial charge in [0.05, 0.1) is 12.2 Å². The molecular formula is C29H46O6. The predicted molar refractivity (Wildman–Crippen MR) is 132 cm³/mol. The Morgan fingerprint density at radius 3 is 2.43 bits per heavy atom. The van der Waals surface area contributed by atoms with Crippen LogP contribution in [0.4, 0.5) is 0 Å². The highest BCUT2D eigenvalue weighted by Crippen LogP contribution is 2.67. The molecule has 5 rings (SSSR count). The Labute approximate surface area is 210 Å². The van der Waals surface area contributed by atoms with Crippen molar-refractivity contribution in [3.05, 3.63) is 12.7 Å². The Morgan fingerprint density at radius 1 is 1.00 bits per heavy atom. The molecule has 0 unspecified atom stereocenters. The van der Waals surface area contributed by atoms with E-state index < -0.39 is 36.7 Å². The Morgan fingerprint density at radius 2 is 1.71 bits per heavy atom. The summed E-state index contributed by atoms with van der Waals surface area (Å²) in [6.07, 6.45) is 8.46. The van der Waals surface area contributed by atoms with Gasteiger partial charge in [-0.3, -0.25) is 4.79 Å². The summed E-state index contributed by atoms with van der Waals surface area (Å²) in [7, 11) is 0. The Kier molecular flexibility index (Phi) is 6.91. The van der Waals surface area contributed by atoms with E-state index in [1.165, 1.54) is 45.4 Å². The lowest BCUT2D eigenvalue weighted by molar-refractivity contribution is -0.311. The largest absolute Gasteiger partial charge is 0.457 e. The molecule has 0 bridgehead atoms. The highest BCUT2D eigenvalue weighted by atomic mass is 16.7. The number of aliphatic hydroxyl groups is 2. The first-order valence-corrected chi connectivity index (χ1v) is 14.0. The summed E-state index contributed by atoms with van der Waals surface area (Å²) in [4.78, 5) is 11.5. The molecule has 13 atom stereocenters. The third-order valence-electron chi connectivity index (χ3n) is 11.4. The molecule has 1 aliphatic heterocycles. The number of ether oxygens (including phenoxy) is 3. The Hall–Kier alpha value is -0.950. The van der Waals surface area contributed by atoms with Gasteiger partial charge in [-0.25, -0.2) is 0 Å². The van der Waals surface area contributed by atoms with Crippen molar-refractivity contribution in [1.29, 1.82) is 0 Å². The number of esters is 1. The molecule has 0 amide bonds. The molecule has 0 aromatic rings.